The van der Waals surface area contributed by atoms with Gasteiger partial charge in [0.1, 0.15) is 6.61 Å². The molecule has 18 heavy (non-hydrogen) atoms. The topological polar surface area (TPSA) is 82.2 Å². The zero-order chi connectivity index (χ0) is 13.5. The lowest BCUT2D eigenvalue weighted by atomic mass is 10.3. The molecule has 1 aromatic rings. The van der Waals surface area contributed by atoms with Gasteiger partial charge in [0.05, 0.1) is 16.4 Å². The molecule has 0 bridgehead atoms. The van der Waals surface area contributed by atoms with Crippen LogP contribution in [0.1, 0.15) is 25.2 Å². The van der Waals surface area contributed by atoms with E-state index in [0.717, 1.165) is 24.4 Å². The number of amides is 1. The van der Waals surface area contributed by atoms with E-state index in [4.69, 9.17) is 17.3 Å². The number of halogens is 1. The summed E-state index contributed by atoms with van der Waals surface area (Å²) in [6, 6.07) is 0. The Labute approximate surface area is 111 Å². The van der Waals surface area contributed by atoms with E-state index >= 15 is 0 Å². The molecule has 0 saturated heterocycles. The lowest BCUT2D eigenvalue weighted by Gasteiger charge is -2.07. The minimum absolute atomic E-state index is 0.244. The van der Waals surface area contributed by atoms with E-state index < -0.39 is 6.09 Å². The van der Waals surface area contributed by atoms with E-state index in [9.17, 15) is 4.79 Å². The summed E-state index contributed by atoms with van der Waals surface area (Å²) >= 11 is 6.24. The van der Waals surface area contributed by atoms with Crippen LogP contribution >= 0.6 is 11.6 Å². The van der Waals surface area contributed by atoms with Gasteiger partial charge in [0, 0.05) is 19.6 Å². The summed E-state index contributed by atoms with van der Waals surface area (Å²) in [5.41, 5.74) is 6.71. The van der Waals surface area contributed by atoms with E-state index in [-0.39, 0.29) is 6.61 Å². The molecule has 0 radical (unpaired) electrons. The fourth-order valence-electron chi connectivity index (χ4n) is 1.62. The van der Waals surface area contributed by atoms with Crippen LogP contribution in [0.2, 0.25) is 5.02 Å². The Hall–Kier alpha value is -1.27. The van der Waals surface area contributed by atoms with E-state index in [1.807, 2.05) is 18.5 Å². The third kappa shape index (κ3) is 3.89. The van der Waals surface area contributed by atoms with Gasteiger partial charge < -0.3 is 15.8 Å². The molecule has 0 aliphatic heterocycles. The van der Waals surface area contributed by atoms with Gasteiger partial charge in [-0.05, 0) is 13.3 Å². The Morgan fingerprint density at radius 3 is 2.83 bits per heavy atom. The van der Waals surface area contributed by atoms with Crippen LogP contribution < -0.4 is 11.1 Å². The van der Waals surface area contributed by atoms with Crippen LogP contribution in [0.15, 0.2) is 0 Å². The van der Waals surface area contributed by atoms with Gasteiger partial charge in [-0.3, -0.25) is 4.68 Å². The SMILES string of the molecule is CCc1nn(CC)c(CNCCOC(N)=O)c1Cl. The molecular weight excluding hydrogens is 256 g/mol. The number of nitrogens with two attached hydrogens (primary N) is 1. The lowest BCUT2D eigenvalue weighted by molar-refractivity contribution is 0.157. The molecule has 0 spiro atoms. The molecule has 0 aliphatic carbocycles. The number of rotatable bonds is 7. The monoisotopic (exact) mass is 274 g/mol. The maximum absolute atomic E-state index is 10.4. The Kier molecular flexibility index (Phi) is 5.94. The third-order valence-electron chi connectivity index (χ3n) is 2.51. The summed E-state index contributed by atoms with van der Waals surface area (Å²) < 4.78 is 6.49. The first-order valence-corrected chi connectivity index (χ1v) is 6.34. The van der Waals surface area contributed by atoms with Gasteiger partial charge in [0.15, 0.2) is 0 Å². The predicted octanol–water partition coefficient (Wildman–Crippen LogP) is 1.30. The number of carbonyl (C=O) groups excluding carboxylic acids is 1. The van der Waals surface area contributed by atoms with Crippen molar-refractivity contribution >= 4 is 17.7 Å². The summed E-state index contributed by atoms with van der Waals surface area (Å²) in [4.78, 5) is 10.4. The van der Waals surface area contributed by atoms with Gasteiger partial charge in [-0.1, -0.05) is 18.5 Å². The number of ether oxygens (including phenoxy) is 1. The Balaban J connectivity index is 2.50. The fraction of sp³-hybridized carbons (Fsp3) is 0.636. The molecule has 1 rings (SSSR count). The number of aryl methyl sites for hydroxylation is 2. The summed E-state index contributed by atoms with van der Waals surface area (Å²) in [5, 5.41) is 8.26. The second-order valence-corrected chi connectivity index (χ2v) is 4.10. The van der Waals surface area contributed by atoms with Crippen molar-refractivity contribution in [1.29, 1.82) is 0 Å². The predicted molar refractivity (Wildman–Crippen MR) is 69.5 cm³/mol. The summed E-state index contributed by atoms with van der Waals surface area (Å²) in [5.74, 6) is 0. The minimum Gasteiger partial charge on any atom is -0.448 e. The normalized spacial score (nSPS) is 10.6. The van der Waals surface area contributed by atoms with Crippen molar-refractivity contribution in [1.82, 2.24) is 15.1 Å². The molecule has 1 aromatic heterocycles. The summed E-state index contributed by atoms with van der Waals surface area (Å²) in [7, 11) is 0. The highest BCUT2D eigenvalue weighted by molar-refractivity contribution is 6.31. The number of nitrogens with zero attached hydrogens (tertiary/aromatic N) is 2. The molecule has 0 atom stereocenters. The first kappa shape index (κ1) is 14.8. The first-order chi connectivity index (χ1) is 8.60. The molecule has 0 saturated carbocycles. The minimum atomic E-state index is -0.762. The lowest BCUT2D eigenvalue weighted by Crippen LogP contribution is -2.24. The van der Waals surface area contributed by atoms with Crippen LogP contribution in [0, 0.1) is 0 Å². The molecule has 3 N–H and O–H groups in total. The zero-order valence-corrected chi connectivity index (χ0v) is 11.5. The molecule has 0 fully saturated rings. The van der Waals surface area contributed by atoms with Gasteiger partial charge >= 0.3 is 6.09 Å². The average Bonchev–Trinajstić information content (AvgIpc) is 2.65. The van der Waals surface area contributed by atoms with Crippen LogP contribution in [0.3, 0.4) is 0 Å². The maximum Gasteiger partial charge on any atom is 0.404 e. The van der Waals surface area contributed by atoms with Crippen molar-refractivity contribution in [3.05, 3.63) is 16.4 Å². The number of aromatic nitrogens is 2. The number of nitrogens with one attached hydrogen (secondary N) is 1. The Morgan fingerprint density at radius 1 is 1.56 bits per heavy atom. The van der Waals surface area contributed by atoms with Gasteiger partial charge in [-0.15, -0.1) is 0 Å². The van der Waals surface area contributed by atoms with E-state index in [2.05, 4.69) is 15.2 Å². The molecule has 7 heteroatoms. The Morgan fingerprint density at radius 2 is 2.28 bits per heavy atom. The standard InChI is InChI=1S/C11H19ClN4O2/c1-3-8-10(12)9(16(4-2)15-8)7-14-5-6-18-11(13)17/h14H,3-7H2,1-2H3,(H2,13,17). The zero-order valence-electron chi connectivity index (χ0n) is 10.7. The largest absolute Gasteiger partial charge is 0.448 e. The molecule has 0 aliphatic rings. The smallest absolute Gasteiger partial charge is 0.404 e. The second kappa shape index (κ2) is 7.23. The van der Waals surface area contributed by atoms with Crippen molar-refractivity contribution in [3.63, 3.8) is 0 Å². The Bertz CT molecular complexity index is 406. The van der Waals surface area contributed by atoms with Crippen LogP contribution in [0.25, 0.3) is 0 Å². The molecule has 6 nitrogen and oxygen atoms in total. The molecule has 102 valence electrons. The van der Waals surface area contributed by atoms with Crippen molar-refractivity contribution < 1.29 is 9.53 Å². The van der Waals surface area contributed by atoms with Crippen molar-refractivity contribution in [2.75, 3.05) is 13.2 Å². The quantitative estimate of drug-likeness (QED) is 0.735. The molecule has 1 heterocycles. The fourth-order valence-corrected chi connectivity index (χ4v) is 1.95. The van der Waals surface area contributed by atoms with Gasteiger partial charge in [-0.25, -0.2) is 4.79 Å². The highest BCUT2D eigenvalue weighted by Crippen LogP contribution is 2.21. The number of primary amides is 1. The van der Waals surface area contributed by atoms with Crippen LogP contribution in [0.5, 0.6) is 0 Å². The first-order valence-electron chi connectivity index (χ1n) is 5.97. The number of hydrogen-bond acceptors (Lipinski definition) is 4. The highest BCUT2D eigenvalue weighted by Gasteiger charge is 2.13. The van der Waals surface area contributed by atoms with E-state index in [1.165, 1.54) is 0 Å². The highest BCUT2D eigenvalue weighted by atomic mass is 35.5. The van der Waals surface area contributed by atoms with Crippen molar-refractivity contribution in [2.45, 2.75) is 33.4 Å². The van der Waals surface area contributed by atoms with Gasteiger partial charge in [-0.2, -0.15) is 5.10 Å². The summed E-state index contributed by atoms with van der Waals surface area (Å²) in [6.45, 7) is 6.16. The average molecular weight is 275 g/mol. The third-order valence-corrected chi connectivity index (χ3v) is 2.95. The second-order valence-electron chi connectivity index (χ2n) is 3.72. The molecule has 0 unspecified atom stereocenters. The van der Waals surface area contributed by atoms with Gasteiger partial charge in [0.25, 0.3) is 0 Å². The van der Waals surface area contributed by atoms with E-state index in [1.54, 1.807) is 0 Å². The molecule has 0 aromatic carbocycles. The van der Waals surface area contributed by atoms with Crippen LogP contribution in [-0.4, -0.2) is 29.0 Å². The van der Waals surface area contributed by atoms with Crippen molar-refractivity contribution in [2.24, 2.45) is 5.73 Å². The van der Waals surface area contributed by atoms with E-state index in [0.29, 0.717) is 18.1 Å². The van der Waals surface area contributed by atoms with Crippen molar-refractivity contribution in [3.8, 4) is 0 Å². The van der Waals surface area contributed by atoms with Crippen LogP contribution in [-0.2, 0) is 24.2 Å². The molecule has 1 amide bonds. The molecular formula is C11H19ClN4O2. The number of hydrogen-bond donors (Lipinski definition) is 2. The summed E-state index contributed by atoms with van der Waals surface area (Å²) in [6.07, 6.45) is 0.0468. The maximum atomic E-state index is 10.4. The van der Waals surface area contributed by atoms with Crippen LogP contribution in [0.4, 0.5) is 4.79 Å². The van der Waals surface area contributed by atoms with Gasteiger partial charge in [0.2, 0.25) is 0 Å². The number of carbonyl (C=O) groups is 1.